The molecule has 24 heavy (non-hydrogen) atoms. The Morgan fingerprint density at radius 1 is 0.958 bits per heavy atom. The van der Waals surface area contributed by atoms with Crippen LogP contribution in [0.2, 0.25) is 0 Å². The molecule has 0 amide bonds. The van der Waals surface area contributed by atoms with Crippen molar-refractivity contribution < 1.29 is 0 Å². The highest BCUT2D eigenvalue weighted by Gasteiger charge is 2.35. The molecule has 2 aromatic rings. The van der Waals surface area contributed by atoms with Crippen LogP contribution < -0.4 is 0 Å². The Morgan fingerprint density at radius 2 is 1.62 bits per heavy atom. The summed E-state index contributed by atoms with van der Waals surface area (Å²) in [6, 6.07) is 20.6. The summed E-state index contributed by atoms with van der Waals surface area (Å²) in [5.41, 5.74) is 5.42. The van der Waals surface area contributed by atoms with Gasteiger partial charge < -0.3 is 4.90 Å². The van der Waals surface area contributed by atoms with Crippen LogP contribution >= 0.6 is 0 Å². The number of likely N-dealkylation sites (tertiary alicyclic amines) is 1. The van der Waals surface area contributed by atoms with Gasteiger partial charge >= 0.3 is 0 Å². The van der Waals surface area contributed by atoms with E-state index in [1.807, 2.05) is 0 Å². The molecule has 0 radical (unpaired) electrons. The Bertz CT molecular complexity index is 714. The average Bonchev–Trinajstić information content (AvgIpc) is 2.88. The molecule has 1 unspecified atom stereocenters. The first-order chi connectivity index (χ1) is 11.7. The second kappa shape index (κ2) is 6.45. The number of hydrogen-bond acceptors (Lipinski definition) is 2. The maximum atomic E-state index is 4.40. The third-order valence-electron chi connectivity index (χ3n) is 5.65. The molecule has 0 aliphatic carbocycles. The highest BCUT2D eigenvalue weighted by Crippen LogP contribution is 2.43. The van der Waals surface area contributed by atoms with Gasteiger partial charge in [0.15, 0.2) is 0 Å². The molecule has 0 saturated carbocycles. The predicted molar refractivity (Wildman–Crippen MR) is 100 cm³/mol. The van der Waals surface area contributed by atoms with Crippen LogP contribution in [-0.2, 0) is 6.54 Å². The summed E-state index contributed by atoms with van der Waals surface area (Å²) >= 11 is 0. The standard InChI is InChI=1S/C22H26N2/c1-17-21-10-6-7-11-22(21)18(2)24(17)20-12-14-23(15-13-20)16-19-8-4-3-5-9-19/h3-11,18,20H,1,12-16H2,2H3. The zero-order valence-corrected chi connectivity index (χ0v) is 14.5. The number of rotatable bonds is 3. The molecule has 2 aliphatic rings. The normalized spacial score (nSPS) is 22.0. The zero-order valence-electron chi connectivity index (χ0n) is 14.5. The molecule has 2 heteroatoms. The van der Waals surface area contributed by atoms with Crippen molar-refractivity contribution in [3.8, 4) is 0 Å². The maximum Gasteiger partial charge on any atom is 0.0524 e. The largest absolute Gasteiger partial charge is 0.362 e. The summed E-state index contributed by atoms with van der Waals surface area (Å²) in [4.78, 5) is 5.16. The summed E-state index contributed by atoms with van der Waals surface area (Å²) in [5, 5.41) is 0. The van der Waals surface area contributed by atoms with Crippen LogP contribution in [-0.4, -0.2) is 28.9 Å². The number of hydrogen-bond donors (Lipinski definition) is 0. The molecule has 2 heterocycles. The van der Waals surface area contributed by atoms with Gasteiger partial charge in [-0.05, 0) is 30.9 Å². The van der Waals surface area contributed by atoms with Gasteiger partial charge in [-0.3, -0.25) is 4.90 Å². The van der Waals surface area contributed by atoms with Crippen LogP contribution in [0.5, 0.6) is 0 Å². The fourth-order valence-corrected chi connectivity index (χ4v) is 4.38. The summed E-state index contributed by atoms with van der Waals surface area (Å²) in [7, 11) is 0. The first kappa shape index (κ1) is 15.5. The molecular weight excluding hydrogens is 292 g/mol. The molecular formula is C22H26N2. The fourth-order valence-electron chi connectivity index (χ4n) is 4.38. The lowest BCUT2D eigenvalue weighted by atomic mass is 10.0. The smallest absolute Gasteiger partial charge is 0.0524 e. The lowest BCUT2D eigenvalue weighted by Crippen LogP contribution is -2.43. The van der Waals surface area contributed by atoms with Gasteiger partial charge in [0, 0.05) is 36.9 Å². The van der Waals surface area contributed by atoms with Gasteiger partial charge in [0.25, 0.3) is 0 Å². The van der Waals surface area contributed by atoms with Gasteiger partial charge in [0.2, 0.25) is 0 Å². The van der Waals surface area contributed by atoms with Crippen LogP contribution in [0.15, 0.2) is 61.2 Å². The topological polar surface area (TPSA) is 6.48 Å². The van der Waals surface area contributed by atoms with Gasteiger partial charge in [0.1, 0.15) is 0 Å². The minimum Gasteiger partial charge on any atom is -0.362 e. The average molecular weight is 318 g/mol. The second-order valence-electron chi connectivity index (χ2n) is 7.11. The molecule has 2 aromatic carbocycles. The van der Waals surface area contributed by atoms with E-state index in [4.69, 9.17) is 0 Å². The van der Waals surface area contributed by atoms with Gasteiger partial charge in [0.05, 0.1) is 6.04 Å². The molecule has 0 N–H and O–H groups in total. The molecule has 2 aliphatic heterocycles. The molecule has 0 aromatic heterocycles. The van der Waals surface area contributed by atoms with Gasteiger partial charge in [-0.2, -0.15) is 0 Å². The van der Waals surface area contributed by atoms with Crippen LogP contribution in [0.1, 0.15) is 42.5 Å². The van der Waals surface area contributed by atoms with Crippen molar-refractivity contribution in [2.75, 3.05) is 13.1 Å². The van der Waals surface area contributed by atoms with E-state index in [1.54, 1.807) is 0 Å². The number of piperidine rings is 1. The Hall–Kier alpha value is -2.06. The molecule has 1 fully saturated rings. The Labute approximate surface area is 145 Å². The summed E-state index contributed by atoms with van der Waals surface area (Å²) in [6.07, 6.45) is 2.45. The minimum atomic E-state index is 0.458. The van der Waals surface area contributed by atoms with Crippen molar-refractivity contribution in [2.45, 2.75) is 38.4 Å². The van der Waals surface area contributed by atoms with Crippen molar-refractivity contribution >= 4 is 5.70 Å². The number of fused-ring (bicyclic) bond motifs is 1. The van der Waals surface area contributed by atoms with E-state index < -0.39 is 0 Å². The van der Waals surface area contributed by atoms with Gasteiger partial charge in [-0.25, -0.2) is 0 Å². The third kappa shape index (κ3) is 2.76. The molecule has 0 bridgehead atoms. The van der Waals surface area contributed by atoms with E-state index in [0.717, 1.165) is 6.54 Å². The monoisotopic (exact) mass is 318 g/mol. The fraction of sp³-hybridized carbons (Fsp3) is 0.364. The lowest BCUT2D eigenvalue weighted by molar-refractivity contribution is 0.127. The lowest BCUT2D eigenvalue weighted by Gasteiger charge is -2.40. The number of nitrogens with zero attached hydrogens (tertiary/aromatic N) is 2. The van der Waals surface area contributed by atoms with Crippen LogP contribution in [0.25, 0.3) is 5.70 Å². The molecule has 2 nitrogen and oxygen atoms in total. The SMILES string of the molecule is C=C1c2ccccc2C(C)N1C1CCN(Cc2ccccc2)CC1. The second-order valence-corrected chi connectivity index (χ2v) is 7.11. The van der Waals surface area contributed by atoms with Crippen molar-refractivity contribution in [1.82, 2.24) is 9.80 Å². The Kier molecular flexibility index (Phi) is 4.15. The Morgan fingerprint density at radius 3 is 2.33 bits per heavy atom. The Balaban J connectivity index is 1.41. The van der Waals surface area contributed by atoms with Crippen molar-refractivity contribution in [1.29, 1.82) is 0 Å². The predicted octanol–water partition coefficient (Wildman–Crippen LogP) is 4.70. The van der Waals surface area contributed by atoms with Crippen LogP contribution in [0.3, 0.4) is 0 Å². The molecule has 0 spiro atoms. The van der Waals surface area contributed by atoms with E-state index in [0.29, 0.717) is 12.1 Å². The van der Waals surface area contributed by atoms with E-state index >= 15 is 0 Å². The first-order valence-electron chi connectivity index (χ1n) is 9.07. The van der Waals surface area contributed by atoms with Crippen LogP contribution in [0, 0.1) is 0 Å². The highest BCUT2D eigenvalue weighted by atomic mass is 15.2. The van der Waals surface area contributed by atoms with Crippen molar-refractivity contribution in [3.63, 3.8) is 0 Å². The highest BCUT2D eigenvalue weighted by molar-refractivity contribution is 5.70. The van der Waals surface area contributed by atoms with Gasteiger partial charge in [-0.1, -0.05) is 61.2 Å². The summed E-state index contributed by atoms with van der Waals surface area (Å²) in [6.45, 7) is 10.1. The molecule has 1 atom stereocenters. The third-order valence-corrected chi connectivity index (χ3v) is 5.65. The quantitative estimate of drug-likeness (QED) is 0.809. The summed E-state index contributed by atoms with van der Waals surface area (Å²) in [5.74, 6) is 0. The number of benzene rings is 2. The van der Waals surface area contributed by atoms with E-state index in [2.05, 4.69) is 77.9 Å². The molecule has 124 valence electrons. The van der Waals surface area contributed by atoms with E-state index in [-0.39, 0.29) is 0 Å². The summed E-state index contributed by atoms with van der Waals surface area (Å²) < 4.78 is 0. The molecule has 4 rings (SSSR count). The minimum absolute atomic E-state index is 0.458. The van der Waals surface area contributed by atoms with Gasteiger partial charge in [-0.15, -0.1) is 0 Å². The first-order valence-corrected chi connectivity index (χ1v) is 9.07. The molecule has 1 saturated heterocycles. The van der Waals surface area contributed by atoms with Crippen molar-refractivity contribution in [2.24, 2.45) is 0 Å². The zero-order chi connectivity index (χ0) is 16.5. The van der Waals surface area contributed by atoms with E-state index in [9.17, 15) is 0 Å². The van der Waals surface area contributed by atoms with Crippen molar-refractivity contribution in [3.05, 3.63) is 77.9 Å². The van der Waals surface area contributed by atoms with E-state index in [1.165, 1.54) is 48.3 Å². The maximum absolute atomic E-state index is 4.40. The van der Waals surface area contributed by atoms with Crippen LogP contribution in [0.4, 0.5) is 0 Å².